The molecular formula is C23H25NO2. The molecular weight excluding hydrogens is 322 g/mol. The lowest BCUT2D eigenvalue weighted by atomic mass is 9.87. The van der Waals surface area contributed by atoms with Crippen molar-refractivity contribution in [2.75, 3.05) is 0 Å². The minimum Gasteiger partial charge on any atom is -0.299 e. The second kappa shape index (κ2) is 9.04. The number of benzene rings is 1. The summed E-state index contributed by atoms with van der Waals surface area (Å²) >= 11 is 0. The number of rotatable bonds is 7. The number of aldehydes is 2. The SMILES string of the molecule is CC(C)c1nc(C(C)C)c(C=CC=O)c(-c2ccccc2)c1C=CC=O. The van der Waals surface area contributed by atoms with Gasteiger partial charge in [-0.3, -0.25) is 14.6 Å². The van der Waals surface area contributed by atoms with Gasteiger partial charge in [-0.15, -0.1) is 0 Å². The van der Waals surface area contributed by atoms with Crippen molar-refractivity contribution in [3.63, 3.8) is 0 Å². The Morgan fingerprint density at radius 1 is 0.769 bits per heavy atom. The van der Waals surface area contributed by atoms with Crippen LogP contribution < -0.4 is 0 Å². The fourth-order valence-electron chi connectivity index (χ4n) is 3.06. The summed E-state index contributed by atoms with van der Waals surface area (Å²) in [4.78, 5) is 26.9. The maximum absolute atomic E-state index is 11.0. The van der Waals surface area contributed by atoms with Crippen LogP contribution in [0.1, 0.15) is 62.0 Å². The van der Waals surface area contributed by atoms with E-state index in [1.807, 2.05) is 42.5 Å². The van der Waals surface area contributed by atoms with Crippen LogP contribution in [0, 0.1) is 0 Å². The predicted octanol–water partition coefficient (Wildman–Crippen LogP) is 5.42. The lowest BCUT2D eigenvalue weighted by Gasteiger charge is -2.22. The average molecular weight is 347 g/mol. The van der Waals surface area contributed by atoms with E-state index in [0.29, 0.717) is 0 Å². The third-order valence-electron chi connectivity index (χ3n) is 4.17. The molecule has 0 bridgehead atoms. The molecule has 0 aliphatic carbocycles. The monoisotopic (exact) mass is 347 g/mol. The summed E-state index contributed by atoms with van der Waals surface area (Å²) in [6, 6.07) is 10.0. The summed E-state index contributed by atoms with van der Waals surface area (Å²) in [5.41, 5.74) is 5.79. The molecule has 0 radical (unpaired) electrons. The fraction of sp³-hybridized carbons (Fsp3) is 0.261. The largest absolute Gasteiger partial charge is 0.299 e. The number of carbonyl (C=O) groups excluding carboxylic acids is 2. The molecule has 0 saturated heterocycles. The Balaban J connectivity index is 3.00. The molecule has 0 aliphatic rings. The maximum atomic E-state index is 11.0. The second-order valence-corrected chi connectivity index (χ2v) is 6.75. The molecule has 0 fully saturated rings. The van der Waals surface area contributed by atoms with Crippen molar-refractivity contribution in [2.24, 2.45) is 0 Å². The number of hydrogen-bond acceptors (Lipinski definition) is 3. The van der Waals surface area contributed by atoms with Gasteiger partial charge in [0.05, 0.1) is 11.4 Å². The standard InChI is InChI=1S/C23H25NO2/c1-16(2)22-19(12-8-14-25)21(18-10-6-5-7-11-18)20(13-9-15-26)23(24-22)17(3)4/h5-17H,1-4H3. The molecule has 2 aromatic rings. The van der Waals surface area contributed by atoms with Crippen molar-refractivity contribution in [3.8, 4) is 11.1 Å². The zero-order valence-electron chi connectivity index (χ0n) is 15.8. The number of hydrogen-bond donors (Lipinski definition) is 0. The van der Waals surface area contributed by atoms with E-state index in [0.717, 1.165) is 46.2 Å². The third kappa shape index (κ3) is 4.23. The van der Waals surface area contributed by atoms with Crippen molar-refractivity contribution in [3.05, 3.63) is 65.0 Å². The number of allylic oxidation sites excluding steroid dienone is 2. The van der Waals surface area contributed by atoms with Crippen LogP contribution in [0.4, 0.5) is 0 Å². The summed E-state index contributed by atoms with van der Waals surface area (Å²) in [5, 5.41) is 0. The molecule has 0 N–H and O–H groups in total. The highest BCUT2D eigenvalue weighted by Gasteiger charge is 2.21. The van der Waals surface area contributed by atoms with Crippen LogP contribution in [-0.2, 0) is 9.59 Å². The van der Waals surface area contributed by atoms with Crippen molar-refractivity contribution in [2.45, 2.75) is 39.5 Å². The minimum absolute atomic E-state index is 0.199. The van der Waals surface area contributed by atoms with Crippen LogP contribution in [-0.4, -0.2) is 17.6 Å². The molecule has 0 aliphatic heterocycles. The highest BCUT2D eigenvalue weighted by atomic mass is 16.1. The summed E-state index contributed by atoms with van der Waals surface area (Å²) in [7, 11) is 0. The van der Waals surface area contributed by atoms with E-state index < -0.39 is 0 Å². The molecule has 2 rings (SSSR count). The molecule has 3 nitrogen and oxygen atoms in total. The van der Waals surface area contributed by atoms with E-state index in [1.165, 1.54) is 12.2 Å². The van der Waals surface area contributed by atoms with Gasteiger partial charge in [-0.05, 0) is 47.3 Å². The van der Waals surface area contributed by atoms with Crippen LogP contribution in [0.25, 0.3) is 23.3 Å². The van der Waals surface area contributed by atoms with Gasteiger partial charge in [0.15, 0.2) is 0 Å². The molecule has 1 heterocycles. The number of pyridine rings is 1. The normalized spacial score (nSPS) is 11.8. The Kier molecular flexibility index (Phi) is 6.79. The van der Waals surface area contributed by atoms with Crippen molar-refractivity contribution < 1.29 is 9.59 Å². The molecule has 0 unspecified atom stereocenters. The van der Waals surface area contributed by atoms with Crippen LogP contribution in [0.5, 0.6) is 0 Å². The minimum atomic E-state index is 0.199. The van der Waals surface area contributed by atoms with Gasteiger partial charge in [-0.1, -0.05) is 58.0 Å². The Bertz CT molecular complexity index is 783. The van der Waals surface area contributed by atoms with Gasteiger partial charge >= 0.3 is 0 Å². The predicted molar refractivity (Wildman–Crippen MR) is 108 cm³/mol. The maximum Gasteiger partial charge on any atom is 0.142 e. The van der Waals surface area contributed by atoms with E-state index in [9.17, 15) is 9.59 Å². The quantitative estimate of drug-likeness (QED) is 0.496. The summed E-state index contributed by atoms with van der Waals surface area (Å²) in [6.45, 7) is 8.39. The van der Waals surface area contributed by atoms with E-state index in [4.69, 9.17) is 4.98 Å². The summed E-state index contributed by atoms with van der Waals surface area (Å²) in [6.07, 6.45) is 8.18. The van der Waals surface area contributed by atoms with Gasteiger partial charge in [-0.2, -0.15) is 0 Å². The first-order chi connectivity index (χ1) is 12.5. The first-order valence-electron chi connectivity index (χ1n) is 8.88. The Morgan fingerprint density at radius 2 is 1.23 bits per heavy atom. The number of nitrogens with zero attached hydrogens (tertiary/aromatic N) is 1. The van der Waals surface area contributed by atoms with Crippen molar-refractivity contribution in [1.82, 2.24) is 4.98 Å². The number of carbonyl (C=O) groups is 2. The molecule has 1 aromatic carbocycles. The molecule has 3 heteroatoms. The topological polar surface area (TPSA) is 47.0 Å². The lowest BCUT2D eigenvalue weighted by Crippen LogP contribution is -2.08. The Labute approximate surface area is 155 Å². The Morgan fingerprint density at radius 3 is 1.62 bits per heavy atom. The van der Waals surface area contributed by atoms with Gasteiger partial charge in [0, 0.05) is 11.1 Å². The highest BCUT2D eigenvalue weighted by molar-refractivity contribution is 5.89. The van der Waals surface area contributed by atoms with Crippen LogP contribution >= 0.6 is 0 Å². The van der Waals surface area contributed by atoms with E-state index >= 15 is 0 Å². The smallest absolute Gasteiger partial charge is 0.142 e. The summed E-state index contributed by atoms with van der Waals surface area (Å²) < 4.78 is 0. The van der Waals surface area contributed by atoms with Gasteiger partial charge < -0.3 is 0 Å². The van der Waals surface area contributed by atoms with Crippen molar-refractivity contribution in [1.29, 1.82) is 0 Å². The lowest BCUT2D eigenvalue weighted by molar-refractivity contribution is -0.104. The zero-order chi connectivity index (χ0) is 19.1. The van der Waals surface area contributed by atoms with Gasteiger partial charge in [-0.25, -0.2) is 0 Å². The van der Waals surface area contributed by atoms with E-state index in [-0.39, 0.29) is 11.8 Å². The van der Waals surface area contributed by atoms with Crippen molar-refractivity contribution >= 4 is 24.7 Å². The van der Waals surface area contributed by atoms with Gasteiger partial charge in [0.25, 0.3) is 0 Å². The molecule has 134 valence electrons. The van der Waals surface area contributed by atoms with Gasteiger partial charge in [0.1, 0.15) is 12.6 Å². The first kappa shape index (κ1) is 19.5. The summed E-state index contributed by atoms with van der Waals surface area (Å²) in [5.74, 6) is 0.399. The molecule has 0 spiro atoms. The van der Waals surface area contributed by atoms with Crippen LogP contribution in [0.3, 0.4) is 0 Å². The Hall–Kier alpha value is -2.81. The molecule has 26 heavy (non-hydrogen) atoms. The fourth-order valence-corrected chi connectivity index (χ4v) is 3.06. The van der Waals surface area contributed by atoms with Crippen LogP contribution in [0.15, 0.2) is 42.5 Å². The number of aromatic nitrogens is 1. The average Bonchev–Trinajstić information content (AvgIpc) is 2.64. The van der Waals surface area contributed by atoms with Gasteiger partial charge in [0.2, 0.25) is 0 Å². The molecule has 0 amide bonds. The third-order valence-corrected chi connectivity index (χ3v) is 4.17. The van der Waals surface area contributed by atoms with E-state index in [2.05, 4.69) is 27.7 Å². The highest BCUT2D eigenvalue weighted by Crippen LogP contribution is 2.37. The second-order valence-electron chi connectivity index (χ2n) is 6.75. The first-order valence-corrected chi connectivity index (χ1v) is 8.88. The van der Waals surface area contributed by atoms with E-state index in [1.54, 1.807) is 0 Å². The molecule has 0 atom stereocenters. The zero-order valence-corrected chi connectivity index (χ0v) is 15.8. The molecule has 0 saturated carbocycles. The molecule has 1 aromatic heterocycles. The van der Waals surface area contributed by atoms with Crippen LogP contribution in [0.2, 0.25) is 0 Å².